The van der Waals surface area contributed by atoms with Crippen LogP contribution in [0.25, 0.3) is 5.76 Å². The van der Waals surface area contributed by atoms with Crippen molar-refractivity contribution in [3.63, 3.8) is 0 Å². The first kappa shape index (κ1) is 26.0. The standard InChI is InChI=1S/C27H31BrN2O6/c1-5-29(6-2)9-10-30-23(18-13-19(28)25(32)21(14-18)35-4)22(26(33)27(30)34)24(31)16-7-8-20-17(12-16)11-15(3)36-20/h7-8,12-15,23,31-32H,5-6,9-11H2,1-4H3/t15-,23+/m0/s1. The van der Waals surface area contributed by atoms with Crippen molar-refractivity contribution in [1.29, 1.82) is 0 Å². The SMILES string of the molecule is CCN(CC)CCN1C(=O)C(=O)C(=C(O)c2ccc3c(c2)C[C@H](C)O3)[C@H]1c1cc(Br)c(O)c(OC)c1. The first-order chi connectivity index (χ1) is 17.2. The molecule has 1 saturated heterocycles. The number of phenols is 1. The molecule has 9 heteroatoms. The molecule has 8 nitrogen and oxygen atoms in total. The number of fused-ring (bicyclic) bond motifs is 1. The van der Waals surface area contributed by atoms with E-state index in [4.69, 9.17) is 9.47 Å². The van der Waals surface area contributed by atoms with E-state index in [1.165, 1.54) is 12.0 Å². The van der Waals surface area contributed by atoms with Gasteiger partial charge in [0.15, 0.2) is 11.5 Å². The normalized spacial score (nSPS) is 20.7. The number of carbonyl (C=O) groups is 2. The minimum atomic E-state index is -0.852. The zero-order chi connectivity index (χ0) is 26.1. The van der Waals surface area contributed by atoms with Crippen LogP contribution >= 0.6 is 15.9 Å². The van der Waals surface area contributed by atoms with Gasteiger partial charge in [0.1, 0.15) is 17.6 Å². The average molecular weight is 559 g/mol. The summed E-state index contributed by atoms with van der Waals surface area (Å²) in [5.74, 6) is -0.802. The lowest BCUT2D eigenvalue weighted by atomic mass is 9.94. The fourth-order valence-electron chi connectivity index (χ4n) is 4.88. The number of nitrogens with zero attached hydrogens (tertiary/aromatic N) is 2. The molecule has 1 amide bonds. The van der Waals surface area contributed by atoms with Gasteiger partial charge in [0.2, 0.25) is 0 Å². The predicted molar refractivity (Wildman–Crippen MR) is 139 cm³/mol. The van der Waals surface area contributed by atoms with Crippen molar-refractivity contribution in [3.05, 3.63) is 57.1 Å². The van der Waals surface area contributed by atoms with E-state index in [0.29, 0.717) is 35.1 Å². The van der Waals surface area contributed by atoms with Gasteiger partial charge in [-0.2, -0.15) is 0 Å². The molecule has 2 atom stereocenters. The van der Waals surface area contributed by atoms with Crippen LogP contribution in [-0.2, 0) is 16.0 Å². The Kier molecular flexibility index (Phi) is 7.61. The quantitative estimate of drug-likeness (QED) is 0.284. The van der Waals surface area contributed by atoms with Gasteiger partial charge >= 0.3 is 0 Å². The lowest BCUT2D eigenvalue weighted by molar-refractivity contribution is -0.140. The lowest BCUT2D eigenvalue weighted by Crippen LogP contribution is -2.38. The van der Waals surface area contributed by atoms with E-state index in [1.54, 1.807) is 24.3 Å². The molecule has 0 aromatic heterocycles. The van der Waals surface area contributed by atoms with Gasteiger partial charge in [0.05, 0.1) is 23.2 Å². The minimum Gasteiger partial charge on any atom is -0.507 e. The zero-order valence-electron chi connectivity index (χ0n) is 20.9. The summed E-state index contributed by atoms with van der Waals surface area (Å²) in [6.45, 7) is 8.52. The number of benzene rings is 2. The second-order valence-corrected chi connectivity index (χ2v) is 9.88. The molecule has 2 heterocycles. The van der Waals surface area contributed by atoms with Gasteiger partial charge in [-0.25, -0.2) is 0 Å². The number of rotatable bonds is 8. The molecule has 4 rings (SSSR count). The molecule has 2 N–H and O–H groups in total. The number of phenolic OH excluding ortho intramolecular Hbond substituents is 1. The van der Waals surface area contributed by atoms with Crippen molar-refractivity contribution in [2.75, 3.05) is 33.3 Å². The first-order valence-corrected chi connectivity index (χ1v) is 12.9. The number of hydrogen-bond donors (Lipinski definition) is 2. The molecular weight excluding hydrogens is 528 g/mol. The zero-order valence-corrected chi connectivity index (χ0v) is 22.5. The highest BCUT2D eigenvalue weighted by Crippen LogP contribution is 2.44. The number of aromatic hydroxyl groups is 1. The van der Waals surface area contributed by atoms with Crippen LogP contribution in [0, 0.1) is 0 Å². The van der Waals surface area contributed by atoms with Crippen LogP contribution in [0.15, 0.2) is 40.4 Å². The molecule has 2 aromatic rings. The number of carbonyl (C=O) groups excluding carboxylic acids is 2. The van der Waals surface area contributed by atoms with Crippen LogP contribution in [-0.4, -0.2) is 71.1 Å². The van der Waals surface area contributed by atoms with Gasteiger partial charge in [-0.3, -0.25) is 9.59 Å². The Balaban J connectivity index is 1.85. The van der Waals surface area contributed by atoms with Crippen LogP contribution in [0.1, 0.15) is 43.5 Å². The van der Waals surface area contributed by atoms with E-state index in [-0.39, 0.29) is 28.9 Å². The Bertz CT molecular complexity index is 1220. The van der Waals surface area contributed by atoms with Crippen LogP contribution in [0.2, 0.25) is 0 Å². The van der Waals surface area contributed by atoms with E-state index < -0.39 is 17.7 Å². The number of hydrogen-bond acceptors (Lipinski definition) is 7. The Morgan fingerprint density at radius 1 is 1.22 bits per heavy atom. The number of ether oxygens (including phenoxy) is 2. The molecule has 1 fully saturated rings. The molecule has 0 saturated carbocycles. The lowest BCUT2D eigenvalue weighted by Gasteiger charge is -2.28. The first-order valence-electron chi connectivity index (χ1n) is 12.1. The summed E-state index contributed by atoms with van der Waals surface area (Å²) in [5, 5.41) is 21.8. The molecule has 2 aromatic carbocycles. The Labute approximate surface area is 219 Å². The number of halogens is 1. The maximum absolute atomic E-state index is 13.4. The monoisotopic (exact) mass is 558 g/mol. The number of amides is 1. The van der Waals surface area contributed by atoms with E-state index in [2.05, 4.69) is 20.8 Å². The van der Waals surface area contributed by atoms with Gasteiger partial charge in [-0.1, -0.05) is 13.8 Å². The van der Waals surface area contributed by atoms with Crippen molar-refractivity contribution in [2.45, 2.75) is 39.3 Å². The summed E-state index contributed by atoms with van der Waals surface area (Å²) in [6.07, 6.45) is 0.727. The van der Waals surface area contributed by atoms with Crippen LogP contribution in [0.3, 0.4) is 0 Å². The maximum atomic E-state index is 13.4. The number of methoxy groups -OCH3 is 1. The van der Waals surface area contributed by atoms with Gasteiger partial charge in [-0.05, 0) is 77.4 Å². The fraction of sp³-hybridized carbons (Fsp3) is 0.407. The van der Waals surface area contributed by atoms with E-state index >= 15 is 0 Å². The van der Waals surface area contributed by atoms with E-state index in [0.717, 1.165) is 24.4 Å². The van der Waals surface area contributed by atoms with Gasteiger partial charge in [-0.15, -0.1) is 0 Å². The Morgan fingerprint density at radius 3 is 2.61 bits per heavy atom. The highest BCUT2D eigenvalue weighted by Gasteiger charge is 2.46. The molecule has 192 valence electrons. The molecule has 36 heavy (non-hydrogen) atoms. The van der Waals surface area contributed by atoms with Crippen LogP contribution in [0.4, 0.5) is 0 Å². The molecule has 0 unspecified atom stereocenters. The fourth-order valence-corrected chi connectivity index (χ4v) is 5.34. The number of ketones is 1. The second kappa shape index (κ2) is 10.5. The number of Topliss-reactive ketones (excluding diaryl/α,β-unsaturated/α-hetero) is 1. The number of likely N-dealkylation sites (tertiary alicyclic amines) is 1. The Morgan fingerprint density at radius 2 is 1.94 bits per heavy atom. The highest BCUT2D eigenvalue weighted by atomic mass is 79.9. The third kappa shape index (κ3) is 4.69. The third-order valence-corrected chi connectivity index (χ3v) is 7.45. The van der Waals surface area contributed by atoms with Gasteiger partial charge < -0.3 is 29.5 Å². The van der Waals surface area contributed by atoms with Crippen molar-refractivity contribution < 1.29 is 29.3 Å². The van der Waals surface area contributed by atoms with Crippen LogP contribution < -0.4 is 9.47 Å². The smallest absolute Gasteiger partial charge is 0.295 e. The predicted octanol–water partition coefficient (Wildman–Crippen LogP) is 4.25. The molecule has 0 bridgehead atoms. The molecule has 2 aliphatic rings. The summed E-state index contributed by atoms with van der Waals surface area (Å²) >= 11 is 3.34. The largest absolute Gasteiger partial charge is 0.507 e. The van der Waals surface area contributed by atoms with Gasteiger partial charge in [0.25, 0.3) is 11.7 Å². The van der Waals surface area contributed by atoms with Crippen molar-refractivity contribution in [3.8, 4) is 17.2 Å². The van der Waals surface area contributed by atoms with Crippen molar-refractivity contribution in [2.24, 2.45) is 0 Å². The van der Waals surface area contributed by atoms with Crippen molar-refractivity contribution >= 4 is 33.4 Å². The molecule has 2 aliphatic heterocycles. The van der Waals surface area contributed by atoms with Gasteiger partial charge in [0, 0.05) is 25.1 Å². The highest BCUT2D eigenvalue weighted by molar-refractivity contribution is 9.10. The molecule has 0 radical (unpaired) electrons. The number of aliphatic hydroxyl groups excluding tert-OH is 1. The number of likely N-dealkylation sites (N-methyl/N-ethyl adjacent to an activating group) is 1. The molecular formula is C27H31BrN2O6. The summed E-state index contributed by atoms with van der Waals surface area (Å²) in [7, 11) is 1.43. The summed E-state index contributed by atoms with van der Waals surface area (Å²) in [5.41, 5.74) is 1.93. The third-order valence-electron chi connectivity index (χ3n) is 6.85. The topological polar surface area (TPSA) is 99.5 Å². The summed E-state index contributed by atoms with van der Waals surface area (Å²) < 4.78 is 11.4. The van der Waals surface area contributed by atoms with E-state index in [1.807, 2.05) is 26.8 Å². The van der Waals surface area contributed by atoms with E-state index in [9.17, 15) is 19.8 Å². The maximum Gasteiger partial charge on any atom is 0.295 e. The van der Waals surface area contributed by atoms with Crippen molar-refractivity contribution in [1.82, 2.24) is 9.80 Å². The Hall–Kier alpha value is -3.04. The minimum absolute atomic E-state index is 0.00565. The number of aliphatic hydroxyl groups is 1. The average Bonchev–Trinajstić information content (AvgIpc) is 3.36. The second-order valence-electron chi connectivity index (χ2n) is 9.03. The summed E-state index contributed by atoms with van der Waals surface area (Å²) in [6, 6.07) is 7.66. The van der Waals surface area contributed by atoms with Crippen LogP contribution in [0.5, 0.6) is 17.2 Å². The summed E-state index contributed by atoms with van der Waals surface area (Å²) in [4.78, 5) is 30.3. The molecule has 0 spiro atoms. The molecule has 0 aliphatic carbocycles.